The summed E-state index contributed by atoms with van der Waals surface area (Å²) in [6, 6.07) is 0.810. The summed E-state index contributed by atoms with van der Waals surface area (Å²) in [7, 11) is 0. The molecule has 2 unspecified atom stereocenters. The number of hydrogen-bond donors (Lipinski definition) is 0. The summed E-state index contributed by atoms with van der Waals surface area (Å²) in [6.07, 6.45) is 5.65. The second kappa shape index (κ2) is 8.10. The first-order valence-electron chi connectivity index (χ1n) is 7.71. The van der Waals surface area contributed by atoms with E-state index in [1.807, 2.05) is 0 Å². The monoisotopic (exact) mass is 240 g/mol. The minimum atomic E-state index is 0.810. The highest BCUT2D eigenvalue weighted by Gasteiger charge is 2.27. The molecule has 17 heavy (non-hydrogen) atoms. The largest absolute Gasteiger partial charge is 0.302 e. The molecule has 0 amide bonds. The van der Waals surface area contributed by atoms with Gasteiger partial charge in [-0.25, -0.2) is 0 Å². The van der Waals surface area contributed by atoms with Crippen molar-refractivity contribution < 1.29 is 0 Å². The number of likely N-dealkylation sites (N-methyl/N-ethyl adjacent to an activating group) is 2. The molecule has 2 heteroatoms. The number of likely N-dealkylation sites (tertiary alicyclic amines) is 1. The Kier molecular flexibility index (Phi) is 7.14. The Morgan fingerprint density at radius 1 is 1.12 bits per heavy atom. The maximum atomic E-state index is 2.70. The molecule has 1 aliphatic heterocycles. The number of hydrogen-bond acceptors (Lipinski definition) is 2. The Balaban J connectivity index is 2.50. The molecule has 1 fully saturated rings. The van der Waals surface area contributed by atoms with E-state index in [-0.39, 0.29) is 0 Å². The molecule has 2 nitrogen and oxygen atoms in total. The predicted octanol–water partition coefficient (Wildman–Crippen LogP) is 3.23. The van der Waals surface area contributed by atoms with E-state index in [1.165, 1.54) is 58.4 Å². The van der Waals surface area contributed by atoms with E-state index < -0.39 is 0 Å². The van der Waals surface area contributed by atoms with Gasteiger partial charge in [0.05, 0.1) is 0 Å². The van der Waals surface area contributed by atoms with E-state index in [0.717, 1.165) is 12.0 Å². The molecular formula is C15H32N2. The Morgan fingerprint density at radius 2 is 1.82 bits per heavy atom. The van der Waals surface area contributed by atoms with Crippen molar-refractivity contribution in [3.8, 4) is 0 Å². The normalized spacial score (nSPS) is 26.6. The molecule has 1 aliphatic rings. The zero-order valence-corrected chi connectivity index (χ0v) is 12.4. The smallest absolute Gasteiger partial charge is 0.0225 e. The SMILES string of the molecule is CCCC1CCN(CC)C(CN(CC)CC)C1. The summed E-state index contributed by atoms with van der Waals surface area (Å²) < 4.78 is 0. The topological polar surface area (TPSA) is 6.48 Å². The lowest BCUT2D eigenvalue weighted by molar-refractivity contribution is 0.0827. The minimum Gasteiger partial charge on any atom is -0.302 e. The van der Waals surface area contributed by atoms with Crippen LogP contribution in [0, 0.1) is 5.92 Å². The molecule has 1 saturated heterocycles. The molecule has 0 spiro atoms. The predicted molar refractivity (Wildman–Crippen MR) is 76.5 cm³/mol. The molecule has 0 saturated carbocycles. The molecule has 0 N–H and O–H groups in total. The summed E-state index contributed by atoms with van der Waals surface area (Å²) in [4.78, 5) is 5.28. The van der Waals surface area contributed by atoms with Gasteiger partial charge in [-0.2, -0.15) is 0 Å². The van der Waals surface area contributed by atoms with Gasteiger partial charge in [-0.1, -0.05) is 40.5 Å². The van der Waals surface area contributed by atoms with Gasteiger partial charge < -0.3 is 4.90 Å². The lowest BCUT2D eigenvalue weighted by atomic mass is 9.87. The van der Waals surface area contributed by atoms with Gasteiger partial charge in [-0.3, -0.25) is 4.90 Å². The fourth-order valence-electron chi connectivity index (χ4n) is 3.24. The molecule has 0 radical (unpaired) electrons. The third-order valence-corrected chi connectivity index (χ3v) is 4.41. The third kappa shape index (κ3) is 4.59. The van der Waals surface area contributed by atoms with Crippen LogP contribution in [0.2, 0.25) is 0 Å². The van der Waals surface area contributed by atoms with Gasteiger partial charge in [0.2, 0.25) is 0 Å². The quantitative estimate of drug-likeness (QED) is 0.674. The van der Waals surface area contributed by atoms with Crippen LogP contribution in [0.15, 0.2) is 0 Å². The molecule has 0 aliphatic carbocycles. The van der Waals surface area contributed by atoms with Crippen molar-refractivity contribution in [2.24, 2.45) is 5.92 Å². The lowest BCUT2D eigenvalue weighted by Crippen LogP contribution is -2.48. The van der Waals surface area contributed by atoms with Crippen LogP contribution in [-0.4, -0.2) is 48.6 Å². The third-order valence-electron chi connectivity index (χ3n) is 4.41. The van der Waals surface area contributed by atoms with Crippen molar-refractivity contribution in [3.63, 3.8) is 0 Å². The van der Waals surface area contributed by atoms with Gasteiger partial charge in [0, 0.05) is 12.6 Å². The van der Waals surface area contributed by atoms with Crippen molar-refractivity contribution in [1.82, 2.24) is 9.80 Å². The maximum absolute atomic E-state index is 2.70. The molecule has 1 rings (SSSR count). The molecule has 0 bridgehead atoms. The van der Waals surface area contributed by atoms with Crippen molar-refractivity contribution in [3.05, 3.63) is 0 Å². The lowest BCUT2D eigenvalue weighted by Gasteiger charge is -2.41. The van der Waals surface area contributed by atoms with Gasteiger partial charge in [-0.15, -0.1) is 0 Å². The van der Waals surface area contributed by atoms with E-state index in [4.69, 9.17) is 0 Å². The standard InChI is InChI=1S/C15H32N2/c1-5-9-14-10-11-17(8-4)15(12-14)13-16(6-2)7-3/h14-15H,5-13H2,1-4H3. The first-order valence-corrected chi connectivity index (χ1v) is 7.71. The molecule has 102 valence electrons. The minimum absolute atomic E-state index is 0.810. The van der Waals surface area contributed by atoms with Crippen LogP contribution < -0.4 is 0 Å². The maximum Gasteiger partial charge on any atom is 0.0225 e. The molecule has 2 atom stereocenters. The zero-order chi connectivity index (χ0) is 12.7. The molecule has 1 heterocycles. The molecule has 0 aromatic carbocycles. The number of rotatable bonds is 7. The average molecular weight is 240 g/mol. The van der Waals surface area contributed by atoms with E-state index in [1.54, 1.807) is 0 Å². The molecule has 0 aromatic heterocycles. The fourth-order valence-corrected chi connectivity index (χ4v) is 3.24. The summed E-state index contributed by atoms with van der Waals surface area (Å²) >= 11 is 0. The van der Waals surface area contributed by atoms with Crippen LogP contribution in [0.4, 0.5) is 0 Å². The molecule has 0 aromatic rings. The first-order chi connectivity index (χ1) is 8.24. The fraction of sp³-hybridized carbons (Fsp3) is 1.00. The van der Waals surface area contributed by atoms with E-state index in [0.29, 0.717) is 0 Å². The Hall–Kier alpha value is -0.0800. The zero-order valence-electron chi connectivity index (χ0n) is 12.4. The summed E-state index contributed by atoms with van der Waals surface area (Å²) in [6.45, 7) is 15.4. The van der Waals surface area contributed by atoms with Gasteiger partial charge >= 0.3 is 0 Å². The highest BCUT2D eigenvalue weighted by Crippen LogP contribution is 2.26. The Morgan fingerprint density at radius 3 is 2.35 bits per heavy atom. The number of nitrogens with zero attached hydrogens (tertiary/aromatic N) is 2. The van der Waals surface area contributed by atoms with Gasteiger partial charge in [0.15, 0.2) is 0 Å². The summed E-state index contributed by atoms with van der Waals surface area (Å²) in [5.74, 6) is 0.989. The van der Waals surface area contributed by atoms with Crippen molar-refractivity contribution in [1.29, 1.82) is 0 Å². The van der Waals surface area contributed by atoms with Crippen molar-refractivity contribution in [2.75, 3.05) is 32.7 Å². The van der Waals surface area contributed by atoms with Crippen LogP contribution in [0.25, 0.3) is 0 Å². The Labute approximate surface area is 108 Å². The van der Waals surface area contributed by atoms with Crippen LogP contribution in [0.1, 0.15) is 53.4 Å². The first kappa shape index (κ1) is 15.0. The Bertz CT molecular complexity index is 189. The highest BCUT2D eigenvalue weighted by atomic mass is 15.2. The highest BCUT2D eigenvalue weighted by molar-refractivity contribution is 4.83. The van der Waals surface area contributed by atoms with Gasteiger partial charge in [-0.05, 0) is 44.9 Å². The van der Waals surface area contributed by atoms with E-state index in [9.17, 15) is 0 Å². The second-order valence-corrected chi connectivity index (χ2v) is 5.45. The van der Waals surface area contributed by atoms with Crippen LogP contribution in [0.3, 0.4) is 0 Å². The second-order valence-electron chi connectivity index (χ2n) is 5.45. The van der Waals surface area contributed by atoms with Crippen LogP contribution >= 0.6 is 0 Å². The molecular weight excluding hydrogens is 208 g/mol. The van der Waals surface area contributed by atoms with Crippen molar-refractivity contribution in [2.45, 2.75) is 59.4 Å². The summed E-state index contributed by atoms with van der Waals surface area (Å²) in [5.41, 5.74) is 0. The summed E-state index contributed by atoms with van der Waals surface area (Å²) in [5, 5.41) is 0. The van der Waals surface area contributed by atoms with E-state index in [2.05, 4.69) is 37.5 Å². The van der Waals surface area contributed by atoms with Crippen molar-refractivity contribution >= 4 is 0 Å². The van der Waals surface area contributed by atoms with Gasteiger partial charge in [0.25, 0.3) is 0 Å². The van der Waals surface area contributed by atoms with E-state index >= 15 is 0 Å². The average Bonchev–Trinajstić information content (AvgIpc) is 2.36. The van der Waals surface area contributed by atoms with Crippen LogP contribution in [-0.2, 0) is 0 Å². The number of piperidine rings is 1. The van der Waals surface area contributed by atoms with Gasteiger partial charge in [0.1, 0.15) is 0 Å². The van der Waals surface area contributed by atoms with Crippen LogP contribution in [0.5, 0.6) is 0 Å².